The Morgan fingerprint density at radius 2 is 1.82 bits per heavy atom. The van der Waals surface area contributed by atoms with E-state index in [0.29, 0.717) is 12.6 Å². The van der Waals surface area contributed by atoms with Crippen molar-refractivity contribution in [2.24, 2.45) is 5.92 Å². The fourth-order valence-electron chi connectivity index (χ4n) is 4.11. The molecule has 0 unspecified atom stereocenters. The first-order valence-corrected chi connectivity index (χ1v) is 8.93. The summed E-state index contributed by atoms with van der Waals surface area (Å²) >= 11 is 0. The van der Waals surface area contributed by atoms with E-state index >= 15 is 0 Å². The van der Waals surface area contributed by atoms with Gasteiger partial charge in [0.05, 0.1) is 6.61 Å². The molecule has 1 aromatic rings. The second kappa shape index (κ2) is 7.47. The highest BCUT2D eigenvalue weighted by atomic mass is 16.3. The van der Waals surface area contributed by atoms with Gasteiger partial charge in [-0.15, -0.1) is 0 Å². The smallest absolute Gasteiger partial charge is 0.0586 e. The standard InChI is InChI=1S/C19H30N2O/c1-16-6-2-3-8-19(16)20-12-9-17(10-13-20)14-21-11-5-4-7-18(21)15-22/h2-3,6,8,17-18,22H,4-5,7,9-15H2,1H3/t18-/m0/s1. The molecule has 0 aliphatic carbocycles. The van der Waals surface area contributed by atoms with Gasteiger partial charge in [0.25, 0.3) is 0 Å². The summed E-state index contributed by atoms with van der Waals surface area (Å²) in [6, 6.07) is 9.15. The minimum absolute atomic E-state index is 0.335. The van der Waals surface area contributed by atoms with Crippen LogP contribution in [0.5, 0.6) is 0 Å². The molecule has 3 rings (SSSR count). The molecule has 0 bridgehead atoms. The Hall–Kier alpha value is -1.06. The number of piperidine rings is 2. The molecule has 0 radical (unpaired) electrons. The number of aliphatic hydroxyl groups is 1. The van der Waals surface area contributed by atoms with Gasteiger partial charge < -0.3 is 10.0 Å². The Labute approximate surface area is 134 Å². The van der Waals surface area contributed by atoms with E-state index in [1.807, 2.05) is 0 Å². The van der Waals surface area contributed by atoms with Crippen molar-refractivity contribution in [3.05, 3.63) is 29.8 Å². The molecular formula is C19H30N2O. The molecule has 2 fully saturated rings. The van der Waals surface area contributed by atoms with Crippen molar-refractivity contribution in [2.45, 2.75) is 45.1 Å². The molecule has 2 aliphatic rings. The number of aliphatic hydroxyl groups excluding tert-OH is 1. The number of anilines is 1. The highest BCUT2D eigenvalue weighted by molar-refractivity contribution is 5.53. The molecule has 2 saturated heterocycles. The second-order valence-corrected chi connectivity index (χ2v) is 7.04. The topological polar surface area (TPSA) is 26.7 Å². The number of nitrogens with zero attached hydrogens (tertiary/aromatic N) is 2. The van der Waals surface area contributed by atoms with Crippen LogP contribution in [-0.4, -0.2) is 48.8 Å². The predicted molar refractivity (Wildman–Crippen MR) is 92.4 cm³/mol. The minimum atomic E-state index is 0.335. The van der Waals surface area contributed by atoms with Crippen molar-refractivity contribution < 1.29 is 5.11 Å². The number of benzene rings is 1. The normalized spacial score (nSPS) is 24.6. The van der Waals surface area contributed by atoms with Gasteiger partial charge in [0.1, 0.15) is 0 Å². The third-order valence-corrected chi connectivity index (χ3v) is 5.52. The van der Waals surface area contributed by atoms with Crippen molar-refractivity contribution >= 4 is 5.69 Å². The van der Waals surface area contributed by atoms with Crippen LogP contribution in [-0.2, 0) is 0 Å². The third kappa shape index (κ3) is 3.64. The minimum Gasteiger partial charge on any atom is -0.395 e. The highest BCUT2D eigenvalue weighted by Gasteiger charge is 2.27. The molecule has 22 heavy (non-hydrogen) atoms. The van der Waals surface area contributed by atoms with E-state index in [9.17, 15) is 5.11 Å². The summed E-state index contributed by atoms with van der Waals surface area (Å²) in [5.41, 5.74) is 2.80. The maximum Gasteiger partial charge on any atom is 0.0586 e. The Kier molecular flexibility index (Phi) is 5.37. The van der Waals surface area contributed by atoms with Crippen molar-refractivity contribution in [2.75, 3.05) is 37.7 Å². The first kappa shape index (κ1) is 15.8. The monoisotopic (exact) mass is 302 g/mol. The molecule has 1 atom stereocenters. The Morgan fingerprint density at radius 3 is 2.55 bits per heavy atom. The summed E-state index contributed by atoms with van der Waals surface area (Å²) in [4.78, 5) is 5.10. The quantitative estimate of drug-likeness (QED) is 0.926. The lowest BCUT2D eigenvalue weighted by Crippen LogP contribution is -2.46. The van der Waals surface area contributed by atoms with Gasteiger partial charge in [-0.05, 0) is 56.7 Å². The summed E-state index contributed by atoms with van der Waals surface area (Å²) < 4.78 is 0. The number of aryl methyl sites for hydroxylation is 1. The van der Waals surface area contributed by atoms with Crippen LogP contribution < -0.4 is 4.90 Å². The molecule has 1 N–H and O–H groups in total. The molecule has 1 aromatic carbocycles. The van der Waals surface area contributed by atoms with Crippen molar-refractivity contribution in [1.29, 1.82) is 0 Å². The number of para-hydroxylation sites is 1. The van der Waals surface area contributed by atoms with E-state index < -0.39 is 0 Å². The Bertz CT molecular complexity index is 468. The van der Waals surface area contributed by atoms with Gasteiger partial charge in [-0.25, -0.2) is 0 Å². The van der Waals surface area contributed by atoms with Crippen LogP contribution in [0.15, 0.2) is 24.3 Å². The van der Waals surface area contributed by atoms with Crippen LogP contribution >= 0.6 is 0 Å². The first-order chi connectivity index (χ1) is 10.8. The largest absolute Gasteiger partial charge is 0.395 e. The van der Waals surface area contributed by atoms with E-state index in [1.165, 1.54) is 69.5 Å². The molecule has 3 nitrogen and oxygen atoms in total. The van der Waals surface area contributed by atoms with Crippen LogP contribution in [0.1, 0.15) is 37.7 Å². The van der Waals surface area contributed by atoms with Crippen molar-refractivity contribution in [1.82, 2.24) is 4.90 Å². The van der Waals surface area contributed by atoms with Crippen LogP contribution in [0.25, 0.3) is 0 Å². The van der Waals surface area contributed by atoms with E-state index in [4.69, 9.17) is 0 Å². The van der Waals surface area contributed by atoms with Gasteiger partial charge >= 0.3 is 0 Å². The Morgan fingerprint density at radius 1 is 1.05 bits per heavy atom. The fourth-order valence-corrected chi connectivity index (χ4v) is 4.11. The number of rotatable bonds is 4. The zero-order chi connectivity index (χ0) is 15.4. The molecule has 0 aromatic heterocycles. The van der Waals surface area contributed by atoms with Crippen LogP contribution in [0.2, 0.25) is 0 Å². The maximum absolute atomic E-state index is 9.56. The number of hydrogen-bond acceptors (Lipinski definition) is 3. The van der Waals surface area contributed by atoms with E-state index in [1.54, 1.807) is 0 Å². The summed E-state index contributed by atoms with van der Waals surface area (Å²) in [5.74, 6) is 0.799. The van der Waals surface area contributed by atoms with Crippen molar-refractivity contribution in [3.63, 3.8) is 0 Å². The van der Waals surface area contributed by atoms with E-state index in [-0.39, 0.29) is 0 Å². The van der Waals surface area contributed by atoms with Crippen molar-refractivity contribution in [3.8, 4) is 0 Å². The molecule has 2 heterocycles. The zero-order valence-corrected chi connectivity index (χ0v) is 13.9. The van der Waals surface area contributed by atoms with E-state index in [0.717, 1.165) is 5.92 Å². The lowest BCUT2D eigenvalue weighted by atomic mass is 9.93. The second-order valence-electron chi connectivity index (χ2n) is 7.04. The van der Waals surface area contributed by atoms with Gasteiger partial charge in [0.2, 0.25) is 0 Å². The molecule has 122 valence electrons. The number of likely N-dealkylation sites (tertiary alicyclic amines) is 1. The molecular weight excluding hydrogens is 272 g/mol. The Balaban J connectivity index is 1.52. The highest BCUT2D eigenvalue weighted by Crippen LogP contribution is 2.27. The average Bonchev–Trinajstić information content (AvgIpc) is 2.57. The lowest BCUT2D eigenvalue weighted by Gasteiger charge is -2.40. The van der Waals surface area contributed by atoms with Gasteiger partial charge in [-0.1, -0.05) is 24.6 Å². The van der Waals surface area contributed by atoms with E-state index in [2.05, 4.69) is 41.0 Å². The molecule has 3 heteroatoms. The SMILES string of the molecule is Cc1ccccc1N1CCC(CN2CCCC[C@H]2CO)CC1. The van der Waals surface area contributed by atoms with Crippen LogP contribution in [0.3, 0.4) is 0 Å². The molecule has 0 spiro atoms. The molecule has 2 aliphatic heterocycles. The molecule has 0 saturated carbocycles. The van der Waals surface area contributed by atoms with Gasteiger partial charge in [0, 0.05) is 31.4 Å². The molecule has 0 amide bonds. The first-order valence-electron chi connectivity index (χ1n) is 8.93. The summed E-state index contributed by atoms with van der Waals surface area (Å²) in [7, 11) is 0. The maximum atomic E-state index is 9.56. The third-order valence-electron chi connectivity index (χ3n) is 5.52. The fraction of sp³-hybridized carbons (Fsp3) is 0.684. The number of hydrogen-bond donors (Lipinski definition) is 1. The summed E-state index contributed by atoms with van der Waals surface area (Å²) in [6.07, 6.45) is 6.33. The average molecular weight is 302 g/mol. The lowest BCUT2D eigenvalue weighted by molar-refractivity contribution is 0.0720. The van der Waals surface area contributed by atoms with Gasteiger partial charge in [-0.2, -0.15) is 0 Å². The summed E-state index contributed by atoms with van der Waals surface area (Å²) in [5, 5.41) is 9.56. The van der Waals surface area contributed by atoms with Gasteiger partial charge in [-0.3, -0.25) is 4.90 Å². The van der Waals surface area contributed by atoms with Crippen LogP contribution in [0, 0.1) is 12.8 Å². The van der Waals surface area contributed by atoms with Crippen LogP contribution in [0.4, 0.5) is 5.69 Å². The van der Waals surface area contributed by atoms with Gasteiger partial charge in [0.15, 0.2) is 0 Å². The summed E-state index contributed by atoms with van der Waals surface area (Å²) in [6.45, 7) is 7.26. The zero-order valence-electron chi connectivity index (χ0n) is 13.9. The predicted octanol–water partition coefficient (Wildman–Crippen LogP) is 3.06.